The largest absolute Gasteiger partial charge is 0.486 e. The Labute approximate surface area is 143 Å². The average Bonchev–Trinajstić information content (AvgIpc) is 2.77. The summed E-state index contributed by atoms with van der Waals surface area (Å²) >= 11 is 0. The molecule has 0 aromatic heterocycles. The van der Waals surface area contributed by atoms with Gasteiger partial charge in [0.05, 0.1) is 31.8 Å². The van der Waals surface area contributed by atoms with Gasteiger partial charge in [-0.2, -0.15) is 0 Å². The third-order valence-corrected chi connectivity index (χ3v) is 4.97. The van der Waals surface area contributed by atoms with Crippen LogP contribution in [-0.4, -0.2) is 62.8 Å². The van der Waals surface area contributed by atoms with Crippen LogP contribution in [0.5, 0.6) is 5.75 Å². The first-order chi connectivity index (χ1) is 11.7. The topological polar surface area (TPSA) is 48.0 Å². The quantitative estimate of drug-likeness (QED) is 0.749. The van der Waals surface area contributed by atoms with E-state index in [4.69, 9.17) is 14.2 Å². The first-order valence-electron chi connectivity index (χ1n) is 8.83. The number of ether oxygens (including phenoxy) is 3. The zero-order valence-electron chi connectivity index (χ0n) is 14.5. The molecule has 1 fully saturated rings. The molecule has 1 unspecified atom stereocenters. The molecule has 24 heavy (non-hydrogen) atoms. The van der Waals surface area contributed by atoms with Crippen molar-refractivity contribution in [1.82, 2.24) is 4.90 Å². The summed E-state index contributed by atoms with van der Waals surface area (Å²) in [6.07, 6.45) is 3.38. The fourth-order valence-electron chi connectivity index (χ4n) is 3.61. The fourth-order valence-corrected chi connectivity index (χ4v) is 3.61. The van der Waals surface area contributed by atoms with Crippen LogP contribution in [0.2, 0.25) is 0 Å². The van der Waals surface area contributed by atoms with Crippen LogP contribution in [0.4, 0.5) is 0 Å². The molecule has 0 radical (unpaired) electrons. The van der Waals surface area contributed by atoms with Crippen LogP contribution < -0.4 is 4.74 Å². The summed E-state index contributed by atoms with van der Waals surface area (Å²) in [4.78, 5) is 14.9. The second kappa shape index (κ2) is 8.10. The molecule has 1 spiro atoms. The lowest BCUT2D eigenvalue weighted by Crippen LogP contribution is -2.43. The molecule has 2 aliphatic heterocycles. The van der Waals surface area contributed by atoms with E-state index in [2.05, 4.69) is 4.90 Å². The minimum absolute atomic E-state index is 0.216. The van der Waals surface area contributed by atoms with E-state index in [1.165, 1.54) is 0 Å². The van der Waals surface area contributed by atoms with Gasteiger partial charge in [0, 0.05) is 26.6 Å². The maximum Gasteiger partial charge on any atom is 0.170 e. The van der Waals surface area contributed by atoms with E-state index in [0.29, 0.717) is 19.6 Å². The molecule has 0 bridgehead atoms. The predicted octanol–water partition coefficient (Wildman–Crippen LogP) is 2.54. The summed E-state index contributed by atoms with van der Waals surface area (Å²) < 4.78 is 16.9. The lowest BCUT2D eigenvalue weighted by atomic mass is 9.84. The molecule has 5 heteroatoms. The lowest BCUT2D eigenvalue weighted by Gasteiger charge is -2.37. The SMILES string of the molecule is COCCOCCN1CCCC2(CC1)CC(=O)c1ccccc1O2. The number of ketones is 1. The molecule has 0 aliphatic carbocycles. The minimum Gasteiger partial charge on any atom is -0.486 e. The van der Waals surface area contributed by atoms with Crippen LogP contribution in [0.1, 0.15) is 36.0 Å². The molecule has 1 atom stereocenters. The Morgan fingerprint density at radius 2 is 2.04 bits per heavy atom. The number of fused-ring (bicyclic) bond motifs is 1. The van der Waals surface area contributed by atoms with Crippen molar-refractivity contribution in [2.75, 3.05) is 46.6 Å². The van der Waals surface area contributed by atoms with E-state index in [0.717, 1.165) is 56.8 Å². The predicted molar refractivity (Wildman–Crippen MR) is 91.7 cm³/mol. The third kappa shape index (κ3) is 4.15. The third-order valence-electron chi connectivity index (χ3n) is 4.97. The lowest BCUT2D eigenvalue weighted by molar-refractivity contribution is 0.0281. The number of rotatable bonds is 6. The molecular weight excluding hydrogens is 306 g/mol. The molecular formula is C19H27NO4. The van der Waals surface area contributed by atoms with Gasteiger partial charge in [0.2, 0.25) is 0 Å². The summed E-state index contributed by atoms with van der Waals surface area (Å²) in [5, 5.41) is 0. The molecule has 0 saturated carbocycles. The number of carbonyl (C=O) groups excluding carboxylic acids is 1. The van der Waals surface area contributed by atoms with Gasteiger partial charge < -0.3 is 19.1 Å². The van der Waals surface area contributed by atoms with Crippen molar-refractivity contribution >= 4 is 5.78 Å². The molecule has 5 nitrogen and oxygen atoms in total. The molecule has 0 amide bonds. The Morgan fingerprint density at radius 3 is 2.92 bits per heavy atom. The van der Waals surface area contributed by atoms with Gasteiger partial charge in [-0.05, 0) is 31.5 Å². The number of para-hydroxylation sites is 1. The summed E-state index contributed by atoms with van der Waals surface area (Å²) in [5.74, 6) is 0.971. The minimum atomic E-state index is -0.322. The van der Waals surface area contributed by atoms with Crippen LogP contribution in [0.25, 0.3) is 0 Å². The monoisotopic (exact) mass is 333 g/mol. The maximum absolute atomic E-state index is 12.5. The van der Waals surface area contributed by atoms with Crippen LogP contribution in [0.15, 0.2) is 24.3 Å². The van der Waals surface area contributed by atoms with Gasteiger partial charge in [-0.25, -0.2) is 0 Å². The molecule has 0 N–H and O–H groups in total. The van der Waals surface area contributed by atoms with Gasteiger partial charge in [-0.15, -0.1) is 0 Å². The summed E-state index contributed by atoms with van der Waals surface area (Å²) in [5.41, 5.74) is 0.410. The second-order valence-electron chi connectivity index (χ2n) is 6.68. The van der Waals surface area contributed by atoms with Gasteiger partial charge in [-0.3, -0.25) is 4.79 Å². The highest BCUT2D eigenvalue weighted by Gasteiger charge is 2.41. The number of carbonyl (C=O) groups is 1. The number of methoxy groups -OCH3 is 1. The molecule has 1 aromatic rings. The Hall–Kier alpha value is -1.43. The molecule has 1 aromatic carbocycles. The normalized spacial score (nSPS) is 24.5. The standard InChI is InChI=1S/C19H27NO4/c1-22-13-14-23-12-11-20-9-4-7-19(8-10-20)15-17(21)16-5-2-3-6-18(16)24-19/h2-3,5-6H,4,7-15H2,1H3. The number of benzene rings is 1. The van der Waals surface area contributed by atoms with E-state index >= 15 is 0 Å². The highest BCUT2D eigenvalue weighted by molar-refractivity contribution is 6.00. The van der Waals surface area contributed by atoms with E-state index in [1.807, 2.05) is 24.3 Å². The van der Waals surface area contributed by atoms with Crippen molar-refractivity contribution in [1.29, 1.82) is 0 Å². The van der Waals surface area contributed by atoms with E-state index < -0.39 is 0 Å². The van der Waals surface area contributed by atoms with Crippen molar-refractivity contribution < 1.29 is 19.0 Å². The second-order valence-corrected chi connectivity index (χ2v) is 6.68. The Balaban J connectivity index is 1.55. The molecule has 1 saturated heterocycles. The number of Topliss-reactive ketones (excluding diaryl/α,β-unsaturated/α-hetero) is 1. The zero-order chi connectivity index (χ0) is 16.8. The van der Waals surface area contributed by atoms with Crippen LogP contribution >= 0.6 is 0 Å². The van der Waals surface area contributed by atoms with Gasteiger partial charge in [0.1, 0.15) is 11.4 Å². The number of likely N-dealkylation sites (tertiary alicyclic amines) is 1. The van der Waals surface area contributed by atoms with E-state index in [1.54, 1.807) is 7.11 Å². The van der Waals surface area contributed by atoms with E-state index in [-0.39, 0.29) is 11.4 Å². The summed E-state index contributed by atoms with van der Waals surface area (Å²) in [6.45, 7) is 4.90. The van der Waals surface area contributed by atoms with Crippen molar-refractivity contribution in [3.63, 3.8) is 0 Å². The smallest absolute Gasteiger partial charge is 0.170 e. The highest BCUT2D eigenvalue weighted by Crippen LogP contribution is 2.39. The molecule has 132 valence electrons. The van der Waals surface area contributed by atoms with Gasteiger partial charge in [-0.1, -0.05) is 12.1 Å². The van der Waals surface area contributed by atoms with Gasteiger partial charge >= 0.3 is 0 Å². The number of hydrogen-bond acceptors (Lipinski definition) is 5. The first kappa shape index (κ1) is 17.4. The summed E-state index contributed by atoms with van der Waals surface area (Å²) in [7, 11) is 1.68. The molecule has 2 heterocycles. The van der Waals surface area contributed by atoms with Gasteiger partial charge in [0.15, 0.2) is 5.78 Å². The maximum atomic E-state index is 12.5. The Morgan fingerprint density at radius 1 is 1.17 bits per heavy atom. The Bertz CT molecular complexity index is 562. The van der Waals surface area contributed by atoms with Crippen molar-refractivity contribution in [2.45, 2.75) is 31.3 Å². The average molecular weight is 333 g/mol. The van der Waals surface area contributed by atoms with Crippen molar-refractivity contribution in [2.24, 2.45) is 0 Å². The molecule has 3 rings (SSSR count). The first-order valence-corrected chi connectivity index (χ1v) is 8.83. The molecule has 2 aliphatic rings. The van der Waals surface area contributed by atoms with Crippen LogP contribution in [-0.2, 0) is 9.47 Å². The summed E-state index contributed by atoms with van der Waals surface area (Å²) in [6, 6.07) is 7.62. The van der Waals surface area contributed by atoms with Gasteiger partial charge in [0.25, 0.3) is 0 Å². The highest BCUT2D eigenvalue weighted by atomic mass is 16.5. The van der Waals surface area contributed by atoms with Crippen LogP contribution in [0.3, 0.4) is 0 Å². The Kier molecular flexibility index (Phi) is 5.87. The van der Waals surface area contributed by atoms with Crippen LogP contribution in [0, 0.1) is 0 Å². The van der Waals surface area contributed by atoms with Crippen molar-refractivity contribution in [3.8, 4) is 5.75 Å². The van der Waals surface area contributed by atoms with E-state index in [9.17, 15) is 4.79 Å². The number of hydrogen-bond donors (Lipinski definition) is 0. The number of nitrogens with zero attached hydrogens (tertiary/aromatic N) is 1. The fraction of sp³-hybridized carbons (Fsp3) is 0.632. The van der Waals surface area contributed by atoms with Crippen molar-refractivity contribution in [3.05, 3.63) is 29.8 Å². The zero-order valence-corrected chi connectivity index (χ0v) is 14.5.